The van der Waals surface area contributed by atoms with Crippen molar-refractivity contribution in [3.63, 3.8) is 0 Å². The van der Waals surface area contributed by atoms with Crippen LogP contribution in [0.5, 0.6) is 5.88 Å². The Hall–Kier alpha value is -2.15. The van der Waals surface area contributed by atoms with Crippen LogP contribution < -0.4 is 4.94 Å². The summed E-state index contributed by atoms with van der Waals surface area (Å²) in [4.78, 5) is 19.5. The van der Waals surface area contributed by atoms with Gasteiger partial charge in [-0.05, 0) is 32.9 Å². The molecule has 8 heteroatoms. The number of pyridine rings is 1. The van der Waals surface area contributed by atoms with Gasteiger partial charge in [0.15, 0.2) is 5.82 Å². The number of esters is 1. The van der Waals surface area contributed by atoms with E-state index in [1.54, 1.807) is 20.8 Å². The molecule has 0 amide bonds. The third-order valence-electron chi connectivity index (χ3n) is 2.33. The minimum Gasteiger partial charge on any atom is -0.456 e. The maximum absolute atomic E-state index is 12.0. The van der Waals surface area contributed by atoms with Crippen LogP contribution in [0.4, 0.5) is 4.53 Å². The molecule has 0 saturated carbocycles. The molecule has 0 N–H and O–H groups in total. The molecule has 2 aromatic rings. The van der Waals surface area contributed by atoms with E-state index in [1.807, 2.05) is 0 Å². The monoisotopic (exact) mass is 313 g/mol. The van der Waals surface area contributed by atoms with Gasteiger partial charge in [-0.2, -0.15) is 0 Å². The van der Waals surface area contributed by atoms with Gasteiger partial charge in [-0.3, -0.25) is 4.94 Å². The Balaban J connectivity index is 2.27. The lowest BCUT2D eigenvalue weighted by Crippen LogP contribution is -2.24. The van der Waals surface area contributed by atoms with Crippen molar-refractivity contribution in [1.82, 2.24) is 14.8 Å². The van der Waals surface area contributed by atoms with Crippen LogP contribution in [-0.2, 0) is 4.74 Å². The van der Waals surface area contributed by atoms with Crippen LogP contribution in [0.2, 0.25) is 5.15 Å². The minimum absolute atomic E-state index is 0.0278. The summed E-state index contributed by atoms with van der Waals surface area (Å²) in [6.07, 6.45) is 1.45. The molecule has 21 heavy (non-hydrogen) atoms. The summed E-state index contributed by atoms with van der Waals surface area (Å²) < 4.78 is 18.5. The third-order valence-corrected chi connectivity index (χ3v) is 2.62. The lowest BCUT2D eigenvalue weighted by Gasteiger charge is -2.19. The molecule has 0 aliphatic carbocycles. The van der Waals surface area contributed by atoms with Crippen molar-refractivity contribution in [2.45, 2.75) is 26.4 Å². The van der Waals surface area contributed by atoms with Crippen LogP contribution >= 0.6 is 11.6 Å². The fourth-order valence-electron chi connectivity index (χ4n) is 1.51. The van der Waals surface area contributed by atoms with Crippen LogP contribution in [-0.4, -0.2) is 26.3 Å². The second-order valence-corrected chi connectivity index (χ2v) is 5.54. The van der Waals surface area contributed by atoms with Crippen molar-refractivity contribution in [1.29, 1.82) is 0 Å². The lowest BCUT2D eigenvalue weighted by atomic mass is 10.2. The Morgan fingerprint density at radius 3 is 2.57 bits per heavy atom. The van der Waals surface area contributed by atoms with Crippen LogP contribution in [0.15, 0.2) is 24.4 Å². The third kappa shape index (κ3) is 3.69. The van der Waals surface area contributed by atoms with Gasteiger partial charge in [0, 0.05) is 16.8 Å². The molecular weight excluding hydrogens is 301 g/mol. The minimum atomic E-state index is -0.631. The number of carbonyl (C=O) groups excluding carboxylic acids is 1. The second-order valence-electron chi connectivity index (χ2n) is 5.19. The molecule has 2 heterocycles. The number of hydrogen-bond acceptors (Lipinski definition) is 5. The highest BCUT2D eigenvalue weighted by Crippen LogP contribution is 2.20. The largest absolute Gasteiger partial charge is 0.456 e. The standard InChI is InChI=1S/C13H13ClFN3O3/c1-13(2,3)20-12(19)8-4-5-9(16-11(8)14)18-7-6-10(17-18)21-15/h4-7H,1-3H3. The van der Waals surface area contributed by atoms with Gasteiger partial charge < -0.3 is 4.74 Å². The first-order chi connectivity index (χ1) is 9.80. The molecule has 0 fully saturated rings. The van der Waals surface area contributed by atoms with E-state index in [9.17, 15) is 9.32 Å². The van der Waals surface area contributed by atoms with E-state index < -0.39 is 11.6 Å². The van der Waals surface area contributed by atoms with Gasteiger partial charge in [0.05, 0.1) is 5.56 Å². The van der Waals surface area contributed by atoms with E-state index >= 15 is 0 Å². The average Bonchev–Trinajstić information content (AvgIpc) is 2.85. The van der Waals surface area contributed by atoms with Gasteiger partial charge in [-0.25, -0.2) is 14.5 Å². The van der Waals surface area contributed by atoms with E-state index in [0.717, 1.165) is 0 Å². The number of nitrogens with zero attached hydrogens (tertiary/aromatic N) is 3. The zero-order valence-corrected chi connectivity index (χ0v) is 12.4. The van der Waals surface area contributed by atoms with Crippen LogP contribution in [0.25, 0.3) is 5.82 Å². The molecule has 6 nitrogen and oxygen atoms in total. The molecule has 0 spiro atoms. The topological polar surface area (TPSA) is 66.2 Å². The van der Waals surface area contributed by atoms with Crippen LogP contribution in [0.3, 0.4) is 0 Å². The molecule has 2 rings (SSSR count). The Bertz CT molecular complexity index is 667. The van der Waals surface area contributed by atoms with E-state index in [4.69, 9.17) is 16.3 Å². The molecule has 0 atom stereocenters. The summed E-state index contributed by atoms with van der Waals surface area (Å²) in [5, 5.41) is 3.73. The number of hydrogen-bond donors (Lipinski definition) is 0. The van der Waals surface area contributed by atoms with Crippen molar-refractivity contribution < 1.29 is 19.0 Å². The number of rotatable bonds is 3. The summed E-state index contributed by atoms with van der Waals surface area (Å²) in [5.74, 6) is -0.459. The highest BCUT2D eigenvalue weighted by Gasteiger charge is 2.21. The molecule has 0 unspecified atom stereocenters. The maximum Gasteiger partial charge on any atom is 0.341 e. The Morgan fingerprint density at radius 2 is 2.05 bits per heavy atom. The summed E-state index contributed by atoms with van der Waals surface area (Å²) in [6.45, 7) is 5.26. The summed E-state index contributed by atoms with van der Waals surface area (Å²) in [6, 6.07) is 4.30. The van der Waals surface area contributed by atoms with Crippen molar-refractivity contribution in [3.8, 4) is 11.7 Å². The van der Waals surface area contributed by atoms with Crippen molar-refractivity contribution in [3.05, 3.63) is 35.1 Å². The molecule has 112 valence electrons. The summed E-state index contributed by atoms with van der Waals surface area (Å²) >= 11 is 5.99. The fraction of sp³-hybridized carbons (Fsp3) is 0.308. The van der Waals surface area contributed by atoms with Gasteiger partial charge in [0.2, 0.25) is 0 Å². The molecule has 0 saturated heterocycles. The zero-order chi connectivity index (χ0) is 15.6. The lowest BCUT2D eigenvalue weighted by molar-refractivity contribution is -0.0122. The number of ether oxygens (including phenoxy) is 1. The number of aromatic nitrogens is 3. The predicted octanol–water partition coefficient (Wildman–Crippen LogP) is 3.14. The smallest absolute Gasteiger partial charge is 0.341 e. The summed E-state index contributed by atoms with van der Waals surface area (Å²) in [7, 11) is 0. The van der Waals surface area contributed by atoms with Crippen molar-refractivity contribution in [2.24, 2.45) is 0 Å². The van der Waals surface area contributed by atoms with Crippen molar-refractivity contribution >= 4 is 17.6 Å². The quantitative estimate of drug-likeness (QED) is 0.643. The predicted molar refractivity (Wildman–Crippen MR) is 73.3 cm³/mol. The van der Waals surface area contributed by atoms with E-state index in [0.29, 0.717) is 5.82 Å². The van der Waals surface area contributed by atoms with Gasteiger partial charge >= 0.3 is 5.97 Å². The van der Waals surface area contributed by atoms with Crippen LogP contribution in [0, 0.1) is 0 Å². The van der Waals surface area contributed by atoms with Gasteiger partial charge in [-0.1, -0.05) is 11.6 Å². The van der Waals surface area contributed by atoms with Gasteiger partial charge in [-0.15, -0.1) is 5.10 Å². The van der Waals surface area contributed by atoms with E-state index in [1.165, 1.54) is 29.1 Å². The molecule has 0 aliphatic heterocycles. The molecule has 0 aromatic carbocycles. The highest BCUT2D eigenvalue weighted by molar-refractivity contribution is 6.32. The average molecular weight is 314 g/mol. The van der Waals surface area contributed by atoms with Crippen molar-refractivity contribution in [2.75, 3.05) is 0 Å². The number of carbonyl (C=O) groups is 1. The Morgan fingerprint density at radius 1 is 1.33 bits per heavy atom. The molecular formula is C13H13ClFN3O3. The first-order valence-corrected chi connectivity index (χ1v) is 6.42. The molecule has 0 bridgehead atoms. The second kappa shape index (κ2) is 5.69. The molecule has 2 aromatic heterocycles. The molecule has 0 aliphatic rings. The maximum atomic E-state index is 12.0. The normalized spacial score (nSPS) is 11.3. The van der Waals surface area contributed by atoms with E-state index in [-0.39, 0.29) is 16.6 Å². The summed E-state index contributed by atoms with van der Waals surface area (Å²) in [5.41, 5.74) is -0.488. The van der Waals surface area contributed by atoms with E-state index in [2.05, 4.69) is 15.0 Å². The SMILES string of the molecule is CC(C)(C)OC(=O)c1ccc(-n2ccc(OF)n2)nc1Cl. The van der Waals surface area contributed by atoms with Gasteiger partial charge in [0.1, 0.15) is 10.8 Å². The first kappa shape index (κ1) is 15.2. The fourth-order valence-corrected chi connectivity index (χ4v) is 1.74. The highest BCUT2D eigenvalue weighted by atomic mass is 35.5. The van der Waals surface area contributed by atoms with Gasteiger partial charge in [0.25, 0.3) is 5.88 Å². The number of halogens is 2. The Kier molecular flexibility index (Phi) is 4.13. The molecule has 0 radical (unpaired) electrons. The van der Waals surface area contributed by atoms with Crippen LogP contribution in [0.1, 0.15) is 31.1 Å². The Labute approximate surface area is 125 Å². The first-order valence-electron chi connectivity index (χ1n) is 6.05. The zero-order valence-electron chi connectivity index (χ0n) is 11.6.